The predicted molar refractivity (Wildman–Crippen MR) is 123 cm³/mol. The quantitative estimate of drug-likeness (QED) is 0.646. The van der Waals surface area contributed by atoms with Gasteiger partial charge in [0, 0.05) is 19.0 Å². The molecule has 3 aliphatic heterocycles. The van der Waals surface area contributed by atoms with Gasteiger partial charge in [0.2, 0.25) is 5.91 Å². The highest BCUT2D eigenvalue weighted by atomic mass is 19.1. The third kappa shape index (κ3) is 4.42. The average molecular weight is 427 g/mol. The van der Waals surface area contributed by atoms with Crippen LogP contribution in [0.25, 0.3) is 0 Å². The second-order valence-corrected chi connectivity index (χ2v) is 11.2. The van der Waals surface area contributed by atoms with E-state index < -0.39 is 0 Å². The molecule has 4 atom stereocenters. The van der Waals surface area contributed by atoms with Crippen molar-refractivity contribution >= 4 is 5.91 Å². The lowest BCUT2D eigenvalue weighted by molar-refractivity contribution is -0.123. The van der Waals surface area contributed by atoms with Crippen molar-refractivity contribution in [3.8, 4) is 0 Å². The minimum absolute atomic E-state index is 0.137. The number of rotatable bonds is 7. The minimum Gasteiger partial charge on any atom is -0.352 e. The molecule has 1 unspecified atom stereocenters. The molecule has 4 heteroatoms. The van der Waals surface area contributed by atoms with Crippen LogP contribution in [0, 0.1) is 17.3 Å². The number of carbonyl (C=O) groups is 1. The Morgan fingerprint density at radius 3 is 2.65 bits per heavy atom. The van der Waals surface area contributed by atoms with Crippen LogP contribution < -0.4 is 5.32 Å². The molecule has 1 N–H and O–H groups in total. The largest absolute Gasteiger partial charge is 0.352 e. The summed E-state index contributed by atoms with van der Waals surface area (Å²) in [6.07, 6.45) is 11.7. The molecule has 3 saturated heterocycles. The fourth-order valence-electron chi connectivity index (χ4n) is 7.90. The molecule has 6 rings (SSSR count). The Morgan fingerprint density at radius 1 is 1.13 bits per heavy atom. The fraction of sp³-hybridized carbons (Fsp3) is 0.741. The molecule has 0 aromatic heterocycles. The van der Waals surface area contributed by atoms with Crippen molar-refractivity contribution in [3.63, 3.8) is 0 Å². The number of benzene rings is 1. The molecular weight excluding hydrogens is 387 g/mol. The van der Waals surface area contributed by atoms with Crippen molar-refractivity contribution in [3.05, 3.63) is 35.9 Å². The van der Waals surface area contributed by atoms with Crippen LogP contribution in [0.3, 0.4) is 0 Å². The second-order valence-electron chi connectivity index (χ2n) is 11.2. The van der Waals surface area contributed by atoms with Gasteiger partial charge in [-0.1, -0.05) is 36.8 Å². The number of amides is 1. The number of hydrogen-bond acceptors (Lipinski definition) is 2. The van der Waals surface area contributed by atoms with Crippen LogP contribution in [0.5, 0.6) is 0 Å². The van der Waals surface area contributed by atoms with Gasteiger partial charge < -0.3 is 10.2 Å². The Labute approximate surface area is 187 Å². The zero-order valence-electron chi connectivity index (χ0n) is 19.0. The van der Waals surface area contributed by atoms with Gasteiger partial charge in [-0.05, 0) is 99.1 Å². The Balaban J connectivity index is 1.25. The van der Waals surface area contributed by atoms with Crippen molar-refractivity contribution in [2.45, 2.75) is 82.1 Å². The van der Waals surface area contributed by atoms with E-state index in [-0.39, 0.29) is 23.4 Å². The van der Waals surface area contributed by atoms with E-state index in [2.05, 4.69) is 40.5 Å². The molecule has 1 aromatic carbocycles. The minimum atomic E-state index is -0.211. The third-order valence-corrected chi connectivity index (χ3v) is 9.27. The molecule has 31 heavy (non-hydrogen) atoms. The summed E-state index contributed by atoms with van der Waals surface area (Å²) in [5, 5.41) is 3.38. The number of nitrogens with one attached hydrogen (secondary N) is 1. The van der Waals surface area contributed by atoms with Gasteiger partial charge in [0.05, 0.1) is 6.67 Å². The zero-order valence-corrected chi connectivity index (χ0v) is 19.0. The Morgan fingerprint density at radius 2 is 1.94 bits per heavy atom. The normalized spacial score (nSPS) is 39.3. The molecular formula is C27H39FN2O. The first-order valence-electron chi connectivity index (χ1n) is 12.7. The second kappa shape index (κ2) is 8.84. The molecule has 3 heterocycles. The molecule has 1 aromatic rings. The maximum atomic E-state index is 13.6. The smallest absolute Gasteiger partial charge is 0.220 e. The Hall–Kier alpha value is -1.42. The summed E-state index contributed by atoms with van der Waals surface area (Å²) in [5.74, 6) is 1.44. The van der Waals surface area contributed by atoms with Crippen molar-refractivity contribution < 1.29 is 9.18 Å². The highest BCUT2D eigenvalue weighted by Crippen LogP contribution is 2.60. The van der Waals surface area contributed by atoms with Crippen LogP contribution in [0.2, 0.25) is 0 Å². The van der Waals surface area contributed by atoms with Gasteiger partial charge in [-0.15, -0.1) is 0 Å². The molecule has 2 saturated carbocycles. The van der Waals surface area contributed by atoms with Crippen molar-refractivity contribution in [1.29, 1.82) is 0 Å². The van der Waals surface area contributed by atoms with Crippen LogP contribution in [0.4, 0.5) is 4.39 Å². The van der Waals surface area contributed by atoms with Gasteiger partial charge in [-0.25, -0.2) is 0 Å². The number of hydrogen-bond donors (Lipinski definition) is 1. The van der Waals surface area contributed by atoms with E-state index in [0.29, 0.717) is 30.7 Å². The molecule has 2 aliphatic carbocycles. The standard InChI is InChI=1S/C27H39FN2O/c28-14-13-26-11-4-12-27(20-26,23-5-2-1-3-6-23)18-21(17-26)7-8-25(31)29-24-19-30-15-9-22(24)10-16-30/h1-3,5-6,21-22,24H,4,7-20H2,(H,29,31)/t21?,24-,26-,27+/m0/s1. The lowest BCUT2D eigenvalue weighted by Crippen LogP contribution is -2.57. The number of nitrogens with zero attached hydrogens (tertiary/aromatic N) is 1. The highest BCUT2D eigenvalue weighted by molar-refractivity contribution is 5.76. The van der Waals surface area contributed by atoms with E-state index >= 15 is 0 Å². The Bertz CT molecular complexity index is 758. The molecule has 0 spiro atoms. The molecule has 170 valence electrons. The first kappa shape index (κ1) is 21.4. The fourth-order valence-corrected chi connectivity index (χ4v) is 7.90. The first-order valence-corrected chi connectivity index (χ1v) is 12.7. The van der Waals surface area contributed by atoms with E-state index in [1.807, 2.05) is 0 Å². The van der Waals surface area contributed by atoms with Gasteiger partial charge in [-0.3, -0.25) is 9.18 Å². The molecule has 5 fully saturated rings. The lowest BCUT2D eigenvalue weighted by atomic mass is 9.49. The maximum absolute atomic E-state index is 13.6. The highest BCUT2D eigenvalue weighted by Gasteiger charge is 2.51. The summed E-state index contributed by atoms with van der Waals surface area (Å²) >= 11 is 0. The number of fused-ring (bicyclic) bond motifs is 5. The average Bonchev–Trinajstić information content (AvgIpc) is 2.79. The van der Waals surface area contributed by atoms with Crippen molar-refractivity contribution in [2.24, 2.45) is 17.3 Å². The number of carbonyl (C=O) groups excluding carboxylic acids is 1. The first-order chi connectivity index (χ1) is 15.1. The number of halogens is 1. The molecule has 5 aliphatic rings. The topological polar surface area (TPSA) is 32.3 Å². The molecule has 4 bridgehead atoms. The number of piperidine rings is 3. The van der Waals surface area contributed by atoms with Gasteiger partial charge in [0.1, 0.15) is 0 Å². The number of alkyl halides is 1. The summed E-state index contributed by atoms with van der Waals surface area (Å²) in [6, 6.07) is 11.3. The molecule has 1 amide bonds. The zero-order chi connectivity index (χ0) is 21.3. The molecule has 0 radical (unpaired) electrons. The van der Waals surface area contributed by atoms with Gasteiger partial charge in [-0.2, -0.15) is 0 Å². The van der Waals surface area contributed by atoms with Crippen LogP contribution >= 0.6 is 0 Å². The summed E-state index contributed by atoms with van der Waals surface area (Å²) < 4.78 is 13.6. The van der Waals surface area contributed by atoms with Gasteiger partial charge in [0.25, 0.3) is 0 Å². The van der Waals surface area contributed by atoms with Crippen LogP contribution in [-0.2, 0) is 10.2 Å². The van der Waals surface area contributed by atoms with Crippen LogP contribution in [0.1, 0.15) is 76.2 Å². The summed E-state index contributed by atoms with van der Waals surface area (Å²) in [4.78, 5) is 15.3. The van der Waals surface area contributed by atoms with Gasteiger partial charge >= 0.3 is 0 Å². The van der Waals surface area contributed by atoms with E-state index in [4.69, 9.17) is 0 Å². The Kier molecular flexibility index (Phi) is 6.11. The summed E-state index contributed by atoms with van der Waals surface area (Å²) in [7, 11) is 0. The van der Waals surface area contributed by atoms with E-state index in [9.17, 15) is 9.18 Å². The third-order valence-electron chi connectivity index (χ3n) is 9.27. The van der Waals surface area contributed by atoms with Crippen LogP contribution in [-0.4, -0.2) is 43.2 Å². The van der Waals surface area contributed by atoms with E-state index in [0.717, 1.165) is 38.6 Å². The molecule has 3 nitrogen and oxygen atoms in total. The van der Waals surface area contributed by atoms with Crippen molar-refractivity contribution in [2.75, 3.05) is 26.3 Å². The summed E-state index contributed by atoms with van der Waals surface area (Å²) in [6.45, 7) is 3.24. The lowest BCUT2D eigenvalue weighted by Gasteiger charge is -2.55. The van der Waals surface area contributed by atoms with Crippen molar-refractivity contribution in [1.82, 2.24) is 10.2 Å². The van der Waals surface area contributed by atoms with E-state index in [1.165, 1.54) is 44.3 Å². The monoisotopic (exact) mass is 426 g/mol. The maximum Gasteiger partial charge on any atom is 0.220 e. The van der Waals surface area contributed by atoms with Gasteiger partial charge in [0.15, 0.2) is 0 Å². The summed E-state index contributed by atoms with van der Waals surface area (Å²) in [5.41, 5.74) is 1.77. The SMILES string of the molecule is O=C(CCC1C[C@@]2(CCF)CCC[C@@](c3ccccc3)(C1)C2)N[C@H]1CN2CCC1CC2. The van der Waals surface area contributed by atoms with Crippen LogP contribution in [0.15, 0.2) is 30.3 Å². The predicted octanol–water partition coefficient (Wildman–Crippen LogP) is 5.25. The van der Waals surface area contributed by atoms with E-state index in [1.54, 1.807) is 0 Å².